The lowest BCUT2D eigenvalue weighted by molar-refractivity contribution is 0.116. The van der Waals surface area contributed by atoms with E-state index in [2.05, 4.69) is 39.3 Å². The molecule has 0 bridgehead atoms. The molecule has 1 N–H and O–H groups in total. The van der Waals surface area contributed by atoms with Crippen LogP contribution in [-0.2, 0) is 19.6 Å². The fourth-order valence-corrected chi connectivity index (χ4v) is 5.00. The number of benzene rings is 2. The molecule has 0 saturated heterocycles. The summed E-state index contributed by atoms with van der Waals surface area (Å²) >= 11 is 0. The Morgan fingerprint density at radius 1 is 1.05 bits per heavy atom. The van der Waals surface area contributed by atoms with Crippen molar-refractivity contribution in [3.63, 3.8) is 0 Å². The molecule has 5 rings (SSSR count). The number of furan rings is 1. The first-order chi connectivity index (χ1) is 19.4. The van der Waals surface area contributed by atoms with Crippen LogP contribution in [0.15, 0.2) is 76.1 Å². The van der Waals surface area contributed by atoms with Gasteiger partial charge in [-0.2, -0.15) is 0 Å². The van der Waals surface area contributed by atoms with Crippen LogP contribution in [0.5, 0.6) is 11.5 Å². The Morgan fingerprint density at radius 2 is 1.85 bits per heavy atom. The molecule has 2 aromatic carbocycles. The molecule has 0 aliphatic carbocycles. The summed E-state index contributed by atoms with van der Waals surface area (Å²) in [6.45, 7) is 8.12. The van der Waals surface area contributed by atoms with Crippen LogP contribution in [0.3, 0.4) is 0 Å². The molecular weight excluding hydrogens is 508 g/mol. The van der Waals surface area contributed by atoms with E-state index in [1.807, 2.05) is 72.3 Å². The molecule has 0 aliphatic heterocycles. The fourth-order valence-electron chi connectivity index (χ4n) is 5.00. The third-order valence-electron chi connectivity index (χ3n) is 6.86. The molecule has 0 amide bonds. The van der Waals surface area contributed by atoms with Gasteiger partial charge < -0.3 is 18.9 Å². The first-order valence-corrected chi connectivity index (χ1v) is 13.4. The van der Waals surface area contributed by atoms with E-state index >= 15 is 0 Å². The number of tetrazole rings is 1. The topological polar surface area (TPSA) is 111 Å². The van der Waals surface area contributed by atoms with E-state index in [0.717, 1.165) is 33.7 Å². The Balaban J connectivity index is 1.51. The highest BCUT2D eigenvalue weighted by Crippen LogP contribution is 2.31. The second-order valence-corrected chi connectivity index (χ2v) is 10.0. The molecule has 3 heterocycles. The Bertz CT molecular complexity index is 1590. The maximum Gasteiger partial charge on any atom is 0.252 e. The number of ether oxygens (including phenoxy) is 2. The number of H-pyrrole nitrogens is 1. The first kappa shape index (κ1) is 27.1. The summed E-state index contributed by atoms with van der Waals surface area (Å²) in [7, 11) is 1.65. The Hall–Kier alpha value is -4.44. The average molecular weight is 543 g/mol. The second-order valence-electron chi connectivity index (χ2n) is 10.0. The van der Waals surface area contributed by atoms with Gasteiger partial charge in [0.1, 0.15) is 17.3 Å². The smallest absolute Gasteiger partial charge is 0.252 e. The quantitative estimate of drug-likeness (QED) is 0.235. The molecule has 0 fully saturated rings. The van der Waals surface area contributed by atoms with Crippen molar-refractivity contribution in [1.82, 2.24) is 30.1 Å². The Labute approximate surface area is 232 Å². The minimum atomic E-state index is -0.205. The summed E-state index contributed by atoms with van der Waals surface area (Å²) in [5, 5.41) is 13.7. The number of fused-ring (bicyclic) bond motifs is 1. The molecule has 3 aromatic heterocycles. The molecule has 0 radical (unpaired) electrons. The lowest BCUT2D eigenvalue weighted by Gasteiger charge is -2.33. The molecular formula is C30H34N6O4. The van der Waals surface area contributed by atoms with Crippen molar-refractivity contribution in [2.75, 3.05) is 13.7 Å². The summed E-state index contributed by atoms with van der Waals surface area (Å²) in [6.07, 6.45) is 1.66. The van der Waals surface area contributed by atoms with Crippen LogP contribution in [0.2, 0.25) is 0 Å². The molecule has 5 aromatic rings. The van der Waals surface area contributed by atoms with Gasteiger partial charge >= 0.3 is 0 Å². The highest BCUT2D eigenvalue weighted by molar-refractivity contribution is 5.80. The maximum atomic E-state index is 13.2. The largest absolute Gasteiger partial charge is 0.497 e. The van der Waals surface area contributed by atoms with Crippen LogP contribution in [0.1, 0.15) is 49.5 Å². The van der Waals surface area contributed by atoms with Crippen LogP contribution in [0.4, 0.5) is 0 Å². The second kappa shape index (κ2) is 12.2. The third-order valence-corrected chi connectivity index (χ3v) is 6.86. The summed E-state index contributed by atoms with van der Waals surface area (Å²) < 4.78 is 18.5. The van der Waals surface area contributed by atoms with Crippen molar-refractivity contribution in [1.29, 1.82) is 0 Å². The zero-order valence-corrected chi connectivity index (χ0v) is 23.2. The molecule has 0 spiro atoms. The minimum Gasteiger partial charge on any atom is -0.497 e. The number of nitrogens with one attached hydrogen (secondary N) is 1. The fraction of sp³-hybridized carbons (Fsp3) is 0.333. The van der Waals surface area contributed by atoms with Gasteiger partial charge in [-0.05, 0) is 77.4 Å². The zero-order chi connectivity index (χ0) is 28.1. The molecule has 0 aliphatic rings. The Kier molecular flexibility index (Phi) is 8.26. The highest BCUT2D eigenvalue weighted by Gasteiger charge is 2.30. The van der Waals surface area contributed by atoms with Gasteiger partial charge in [-0.3, -0.25) is 9.69 Å². The number of rotatable bonds is 12. The summed E-state index contributed by atoms with van der Waals surface area (Å²) in [5.41, 5.74) is 2.30. The van der Waals surface area contributed by atoms with E-state index in [0.29, 0.717) is 37.6 Å². The van der Waals surface area contributed by atoms with Crippen LogP contribution in [0.25, 0.3) is 10.9 Å². The Morgan fingerprint density at radius 3 is 2.55 bits per heavy atom. The van der Waals surface area contributed by atoms with Crippen molar-refractivity contribution >= 4 is 10.9 Å². The van der Waals surface area contributed by atoms with Crippen molar-refractivity contribution in [3.05, 3.63) is 100.0 Å². The van der Waals surface area contributed by atoms with Gasteiger partial charge in [0.05, 0.1) is 39.1 Å². The number of hydrogen-bond donors (Lipinski definition) is 1. The molecule has 208 valence electrons. The number of aromatic amines is 1. The van der Waals surface area contributed by atoms with Crippen LogP contribution >= 0.6 is 0 Å². The number of aromatic nitrogens is 5. The van der Waals surface area contributed by atoms with Gasteiger partial charge in [0.2, 0.25) is 0 Å². The summed E-state index contributed by atoms with van der Waals surface area (Å²) in [4.78, 5) is 18.5. The third kappa shape index (κ3) is 6.07. The normalized spacial score (nSPS) is 12.3. The SMILES string of the molecule is CCOc1ccc2[nH]c(=O)c(CN(Cc3ccco3)C(c3nnnn3Cc3ccc(OC)cc3)C(C)C)cc2c1. The van der Waals surface area contributed by atoms with Crippen molar-refractivity contribution in [3.8, 4) is 11.5 Å². The van der Waals surface area contributed by atoms with Crippen LogP contribution < -0.4 is 15.0 Å². The van der Waals surface area contributed by atoms with Gasteiger partial charge in [0, 0.05) is 23.0 Å². The van der Waals surface area contributed by atoms with E-state index < -0.39 is 0 Å². The van der Waals surface area contributed by atoms with Gasteiger partial charge in [0.25, 0.3) is 5.56 Å². The predicted octanol–water partition coefficient (Wildman–Crippen LogP) is 4.96. The maximum absolute atomic E-state index is 13.2. The molecule has 1 atom stereocenters. The molecule has 0 saturated carbocycles. The number of nitrogens with zero attached hydrogens (tertiary/aromatic N) is 5. The van der Waals surface area contributed by atoms with E-state index in [1.54, 1.807) is 13.4 Å². The monoisotopic (exact) mass is 542 g/mol. The molecule has 10 nitrogen and oxygen atoms in total. The van der Waals surface area contributed by atoms with Crippen molar-refractivity contribution in [2.45, 2.75) is 46.4 Å². The van der Waals surface area contributed by atoms with Gasteiger partial charge in [-0.25, -0.2) is 4.68 Å². The standard InChI is InChI=1S/C30H34N6O4/c1-5-39-25-12-13-27-22(16-25)15-23(30(37)31-27)18-35(19-26-7-6-14-40-26)28(20(2)3)29-32-33-34-36(29)17-21-8-10-24(38-4)11-9-21/h6-16,20,28H,5,17-19H2,1-4H3,(H,31,37). The van der Waals surface area contributed by atoms with Gasteiger partial charge in [-0.1, -0.05) is 26.0 Å². The van der Waals surface area contributed by atoms with E-state index in [-0.39, 0.29) is 17.5 Å². The van der Waals surface area contributed by atoms with E-state index in [4.69, 9.17) is 13.9 Å². The van der Waals surface area contributed by atoms with Crippen molar-refractivity contribution < 1.29 is 13.9 Å². The molecule has 1 unspecified atom stereocenters. The van der Waals surface area contributed by atoms with E-state index in [1.165, 1.54) is 0 Å². The molecule has 10 heteroatoms. The summed E-state index contributed by atoms with van der Waals surface area (Å²) in [6, 6.07) is 19.1. The lowest BCUT2D eigenvalue weighted by atomic mass is 10.00. The lowest BCUT2D eigenvalue weighted by Crippen LogP contribution is -2.35. The number of hydrogen-bond acceptors (Lipinski definition) is 8. The summed E-state index contributed by atoms with van der Waals surface area (Å²) in [5.74, 6) is 3.18. The van der Waals surface area contributed by atoms with Gasteiger partial charge in [-0.15, -0.1) is 5.10 Å². The molecule has 40 heavy (non-hydrogen) atoms. The van der Waals surface area contributed by atoms with E-state index in [9.17, 15) is 4.79 Å². The highest BCUT2D eigenvalue weighted by atomic mass is 16.5. The first-order valence-electron chi connectivity index (χ1n) is 13.4. The van der Waals surface area contributed by atoms with Crippen molar-refractivity contribution in [2.24, 2.45) is 5.92 Å². The minimum absolute atomic E-state index is 0.125. The van der Waals surface area contributed by atoms with Crippen LogP contribution in [0, 0.1) is 5.92 Å². The zero-order valence-electron chi connectivity index (χ0n) is 23.2. The van der Waals surface area contributed by atoms with Crippen LogP contribution in [-0.4, -0.2) is 43.8 Å². The predicted molar refractivity (Wildman–Crippen MR) is 151 cm³/mol. The average Bonchev–Trinajstić information content (AvgIpc) is 3.62. The number of pyridine rings is 1. The van der Waals surface area contributed by atoms with Gasteiger partial charge in [0.15, 0.2) is 5.82 Å². The number of methoxy groups -OCH3 is 1.